The third kappa shape index (κ3) is 3.42. The van der Waals surface area contributed by atoms with Crippen molar-refractivity contribution in [1.82, 2.24) is 10.2 Å². The zero-order chi connectivity index (χ0) is 14.8. The summed E-state index contributed by atoms with van der Waals surface area (Å²) in [6.07, 6.45) is 0. The fourth-order valence-corrected chi connectivity index (χ4v) is 3.45. The number of amides is 1. The molecule has 0 bridgehead atoms. The summed E-state index contributed by atoms with van der Waals surface area (Å²) in [6.45, 7) is 7.57. The second kappa shape index (κ2) is 6.56. The summed E-state index contributed by atoms with van der Waals surface area (Å²) >= 11 is 6.94. The van der Waals surface area contributed by atoms with Gasteiger partial charge in [-0.15, -0.1) is 0 Å². The third-order valence-electron chi connectivity index (χ3n) is 3.66. The molecule has 0 aromatic heterocycles. The Balaban J connectivity index is 2.14. The summed E-state index contributed by atoms with van der Waals surface area (Å²) in [5.74, 6) is 0.00648. The number of piperazine rings is 1. The van der Waals surface area contributed by atoms with Crippen molar-refractivity contribution in [3.05, 3.63) is 27.1 Å². The lowest BCUT2D eigenvalue weighted by Crippen LogP contribution is -2.58. The minimum Gasteiger partial charge on any atom is -0.323 e. The number of hydrogen-bond acceptors (Lipinski definition) is 3. The Morgan fingerprint density at radius 1 is 1.25 bits per heavy atom. The van der Waals surface area contributed by atoms with Crippen molar-refractivity contribution in [2.24, 2.45) is 0 Å². The molecule has 2 N–H and O–H groups in total. The average molecular weight is 405 g/mol. The second-order valence-electron chi connectivity index (χ2n) is 5.35. The van der Waals surface area contributed by atoms with Crippen LogP contribution in [-0.2, 0) is 4.79 Å². The maximum absolute atomic E-state index is 12.6. The zero-order valence-corrected chi connectivity index (χ0v) is 14.8. The molecule has 1 saturated heterocycles. The summed E-state index contributed by atoms with van der Waals surface area (Å²) < 4.78 is 1.74. The summed E-state index contributed by atoms with van der Waals surface area (Å²) in [4.78, 5) is 14.8. The fraction of sp³-hybridized carbons (Fsp3) is 0.500. The Morgan fingerprint density at radius 3 is 2.35 bits per heavy atom. The van der Waals surface area contributed by atoms with E-state index in [1.54, 1.807) is 0 Å². The highest BCUT2D eigenvalue weighted by Crippen LogP contribution is 2.31. The molecule has 1 heterocycles. The van der Waals surface area contributed by atoms with Crippen molar-refractivity contribution >= 4 is 43.5 Å². The van der Waals surface area contributed by atoms with Gasteiger partial charge in [0.1, 0.15) is 0 Å². The molecule has 0 spiro atoms. The van der Waals surface area contributed by atoms with Crippen LogP contribution in [0.1, 0.15) is 13.8 Å². The quantitative estimate of drug-likeness (QED) is 0.814. The first-order valence-corrected chi connectivity index (χ1v) is 8.23. The summed E-state index contributed by atoms with van der Waals surface area (Å²) in [5, 5.41) is 6.33. The van der Waals surface area contributed by atoms with Crippen molar-refractivity contribution in [3.8, 4) is 0 Å². The molecule has 0 atom stereocenters. The van der Waals surface area contributed by atoms with E-state index in [0.29, 0.717) is 0 Å². The SMILES string of the molecule is CC(C)(C(=O)Nc1c(Br)cccc1Br)N1CCNCC1. The van der Waals surface area contributed by atoms with E-state index in [4.69, 9.17) is 0 Å². The molecule has 0 radical (unpaired) electrons. The molecule has 2 rings (SSSR count). The van der Waals surface area contributed by atoms with Gasteiger partial charge in [0.2, 0.25) is 5.91 Å². The maximum atomic E-state index is 12.6. The standard InChI is InChI=1S/C14H19Br2N3O/c1-14(2,19-8-6-17-7-9-19)13(20)18-12-10(15)4-3-5-11(12)16/h3-5,17H,6-9H2,1-2H3,(H,18,20). The van der Waals surface area contributed by atoms with Gasteiger partial charge in [0.05, 0.1) is 11.2 Å². The molecular weight excluding hydrogens is 386 g/mol. The van der Waals surface area contributed by atoms with Crippen LogP contribution in [0.25, 0.3) is 0 Å². The van der Waals surface area contributed by atoms with E-state index in [-0.39, 0.29) is 5.91 Å². The zero-order valence-electron chi connectivity index (χ0n) is 11.7. The second-order valence-corrected chi connectivity index (χ2v) is 7.06. The van der Waals surface area contributed by atoms with E-state index in [9.17, 15) is 4.79 Å². The van der Waals surface area contributed by atoms with Crippen LogP contribution in [0.5, 0.6) is 0 Å². The molecule has 1 aromatic rings. The molecule has 6 heteroatoms. The van der Waals surface area contributed by atoms with Crippen molar-refractivity contribution < 1.29 is 4.79 Å². The first kappa shape index (κ1) is 15.9. The molecule has 1 aromatic carbocycles. The van der Waals surface area contributed by atoms with Crippen LogP contribution in [0.3, 0.4) is 0 Å². The highest BCUT2D eigenvalue weighted by atomic mass is 79.9. The van der Waals surface area contributed by atoms with Gasteiger partial charge in [0.15, 0.2) is 0 Å². The third-order valence-corrected chi connectivity index (χ3v) is 4.99. The van der Waals surface area contributed by atoms with E-state index in [0.717, 1.165) is 40.8 Å². The number of nitrogens with one attached hydrogen (secondary N) is 2. The molecular formula is C14H19Br2N3O. The highest BCUT2D eigenvalue weighted by molar-refractivity contribution is 9.11. The van der Waals surface area contributed by atoms with Crippen LogP contribution in [0.2, 0.25) is 0 Å². The topological polar surface area (TPSA) is 44.4 Å². The number of rotatable bonds is 3. The van der Waals surface area contributed by atoms with Gasteiger partial charge in [-0.2, -0.15) is 0 Å². The van der Waals surface area contributed by atoms with Gasteiger partial charge in [0.25, 0.3) is 0 Å². The number of nitrogens with zero attached hydrogens (tertiary/aromatic N) is 1. The van der Waals surface area contributed by atoms with Crippen LogP contribution in [-0.4, -0.2) is 42.5 Å². The fourth-order valence-electron chi connectivity index (χ4n) is 2.25. The predicted octanol–water partition coefficient (Wildman–Crippen LogP) is 2.83. The molecule has 4 nitrogen and oxygen atoms in total. The number of anilines is 1. The monoisotopic (exact) mass is 403 g/mol. The Bertz CT molecular complexity index is 479. The average Bonchev–Trinajstić information content (AvgIpc) is 2.43. The minimum absolute atomic E-state index is 0.00648. The largest absolute Gasteiger partial charge is 0.323 e. The van der Waals surface area contributed by atoms with Crippen LogP contribution in [0.15, 0.2) is 27.1 Å². The number of halogens is 2. The van der Waals surface area contributed by atoms with E-state index in [2.05, 4.69) is 47.4 Å². The molecule has 1 amide bonds. The lowest BCUT2D eigenvalue weighted by Gasteiger charge is -2.39. The van der Waals surface area contributed by atoms with Crippen LogP contribution in [0, 0.1) is 0 Å². The highest BCUT2D eigenvalue weighted by Gasteiger charge is 2.35. The summed E-state index contributed by atoms with van der Waals surface area (Å²) in [5.41, 5.74) is 0.248. The molecule has 110 valence electrons. The molecule has 0 saturated carbocycles. The van der Waals surface area contributed by atoms with Gasteiger partial charge < -0.3 is 10.6 Å². The number of carbonyl (C=O) groups excluding carboxylic acids is 1. The van der Waals surface area contributed by atoms with Crippen molar-refractivity contribution in [2.45, 2.75) is 19.4 Å². The molecule has 1 fully saturated rings. The number of para-hydroxylation sites is 1. The number of benzene rings is 1. The van der Waals surface area contributed by atoms with E-state index in [1.807, 2.05) is 32.0 Å². The Morgan fingerprint density at radius 2 is 1.80 bits per heavy atom. The van der Waals surface area contributed by atoms with Crippen molar-refractivity contribution in [1.29, 1.82) is 0 Å². The molecule has 20 heavy (non-hydrogen) atoms. The molecule has 1 aliphatic heterocycles. The van der Waals surface area contributed by atoms with Gasteiger partial charge in [-0.25, -0.2) is 0 Å². The summed E-state index contributed by atoms with van der Waals surface area (Å²) in [7, 11) is 0. The predicted molar refractivity (Wildman–Crippen MR) is 89.0 cm³/mol. The van der Waals surface area contributed by atoms with Gasteiger partial charge in [0, 0.05) is 35.1 Å². The van der Waals surface area contributed by atoms with E-state index < -0.39 is 5.54 Å². The van der Waals surface area contributed by atoms with Crippen LogP contribution in [0.4, 0.5) is 5.69 Å². The lowest BCUT2D eigenvalue weighted by atomic mass is 10.0. The molecule has 0 unspecified atom stereocenters. The van der Waals surface area contributed by atoms with E-state index in [1.165, 1.54) is 0 Å². The Kier molecular flexibility index (Phi) is 5.23. The molecule has 1 aliphatic rings. The first-order valence-electron chi connectivity index (χ1n) is 6.64. The van der Waals surface area contributed by atoms with Gasteiger partial charge in [-0.1, -0.05) is 6.07 Å². The van der Waals surface area contributed by atoms with Gasteiger partial charge in [-0.3, -0.25) is 9.69 Å². The van der Waals surface area contributed by atoms with Crippen LogP contribution < -0.4 is 10.6 Å². The number of hydrogen-bond donors (Lipinski definition) is 2. The summed E-state index contributed by atoms with van der Waals surface area (Å²) in [6, 6.07) is 5.75. The van der Waals surface area contributed by atoms with Gasteiger partial charge >= 0.3 is 0 Å². The van der Waals surface area contributed by atoms with Crippen molar-refractivity contribution in [3.63, 3.8) is 0 Å². The normalized spacial score (nSPS) is 17.0. The van der Waals surface area contributed by atoms with Crippen LogP contribution >= 0.6 is 31.9 Å². The Labute approximate surface area is 136 Å². The molecule has 0 aliphatic carbocycles. The van der Waals surface area contributed by atoms with Crippen molar-refractivity contribution in [2.75, 3.05) is 31.5 Å². The van der Waals surface area contributed by atoms with E-state index >= 15 is 0 Å². The Hall–Kier alpha value is -0.430. The first-order chi connectivity index (χ1) is 9.43. The number of carbonyl (C=O) groups is 1. The van der Waals surface area contributed by atoms with Gasteiger partial charge in [-0.05, 0) is 57.8 Å². The lowest BCUT2D eigenvalue weighted by molar-refractivity contribution is -0.126. The smallest absolute Gasteiger partial charge is 0.244 e. The minimum atomic E-state index is -0.531. The maximum Gasteiger partial charge on any atom is 0.244 e.